The van der Waals surface area contributed by atoms with E-state index in [1.807, 2.05) is 0 Å². The van der Waals surface area contributed by atoms with E-state index in [0.717, 1.165) is 6.07 Å². The lowest BCUT2D eigenvalue weighted by Gasteiger charge is -2.09. The summed E-state index contributed by atoms with van der Waals surface area (Å²) >= 11 is 0. The van der Waals surface area contributed by atoms with E-state index in [4.69, 9.17) is 5.26 Å². The summed E-state index contributed by atoms with van der Waals surface area (Å²) in [6, 6.07) is 12.6. The van der Waals surface area contributed by atoms with Gasteiger partial charge in [-0.3, -0.25) is 0 Å². The van der Waals surface area contributed by atoms with Crippen LogP contribution in [0.1, 0.15) is 11.1 Å². The van der Waals surface area contributed by atoms with Gasteiger partial charge in [0.05, 0.1) is 22.9 Å². The SMILES string of the molecule is N#Cc1ccc(N=Nc2ccc3cccc(O)c3n2)c(C(F)(F)F)c1. The van der Waals surface area contributed by atoms with Gasteiger partial charge in [0.1, 0.15) is 11.3 Å². The molecule has 2 aromatic carbocycles. The lowest BCUT2D eigenvalue weighted by Crippen LogP contribution is -2.05. The number of aromatic nitrogens is 1. The lowest BCUT2D eigenvalue weighted by molar-refractivity contribution is -0.137. The van der Waals surface area contributed by atoms with E-state index in [2.05, 4.69) is 15.2 Å². The summed E-state index contributed by atoms with van der Waals surface area (Å²) in [5, 5.41) is 26.5. The summed E-state index contributed by atoms with van der Waals surface area (Å²) in [7, 11) is 0. The fourth-order valence-corrected chi connectivity index (χ4v) is 2.20. The Labute approximate surface area is 139 Å². The molecule has 124 valence electrons. The zero-order valence-corrected chi connectivity index (χ0v) is 12.5. The molecule has 8 heteroatoms. The van der Waals surface area contributed by atoms with E-state index in [9.17, 15) is 18.3 Å². The fourth-order valence-electron chi connectivity index (χ4n) is 2.20. The molecule has 3 rings (SSSR count). The second-order valence-electron chi connectivity index (χ2n) is 5.06. The van der Waals surface area contributed by atoms with E-state index >= 15 is 0 Å². The topological polar surface area (TPSA) is 81.6 Å². The van der Waals surface area contributed by atoms with Gasteiger partial charge < -0.3 is 5.11 Å². The first-order chi connectivity index (χ1) is 11.9. The molecule has 3 aromatic rings. The number of nitrogens with zero attached hydrogens (tertiary/aromatic N) is 4. The zero-order valence-electron chi connectivity index (χ0n) is 12.5. The molecular weight excluding hydrogens is 333 g/mol. The van der Waals surface area contributed by atoms with Gasteiger partial charge in [-0.2, -0.15) is 18.4 Å². The number of para-hydroxylation sites is 1. The van der Waals surface area contributed by atoms with Crippen LogP contribution in [0.5, 0.6) is 5.75 Å². The largest absolute Gasteiger partial charge is 0.506 e. The number of rotatable bonds is 2. The first kappa shape index (κ1) is 16.4. The molecule has 25 heavy (non-hydrogen) atoms. The number of azo groups is 1. The number of halogens is 3. The molecule has 1 heterocycles. The molecule has 0 fully saturated rings. The van der Waals surface area contributed by atoms with Gasteiger partial charge in [-0.15, -0.1) is 10.2 Å². The summed E-state index contributed by atoms with van der Waals surface area (Å²) in [4.78, 5) is 4.07. The van der Waals surface area contributed by atoms with Crippen molar-refractivity contribution in [2.45, 2.75) is 6.18 Å². The maximum Gasteiger partial charge on any atom is 0.418 e. The van der Waals surface area contributed by atoms with Crippen LogP contribution < -0.4 is 0 Å². The second-order valence-corrected chi connectivity index (χ2v) is 5.06. The number of hydrogen-bond acceptors (Lipinski definition) is 5. The van der Waals surface area contributed by atoms with Gasteiger partial charge in [0.25, 0.3) is 0 Å². The number of phenolic OH excluding ortho intramolecular Hbond substituents is 1. The summed E-state index contributed by atoms with van der Waals surface area (Å²) in [6.45, 7) is 0. The van der Waals surface area contributed by atoms with Crippen molar-refractivity contribution >= 4 is 22.4 Å². The third kappa shape index (κ3) is 3.40. The number of alkyl halides is 3. The lowest BCUT2D eigenvalue weighted by atomic mass is 10.1. The predicted octanol–water partition coefficient (Wildman–Crippen LogP) is 5.25. The Morgan fingerprint density at radius 1 is 1.04 bits per heavy atom. The Morgan fingerprint density at radius 2 is 1.84 bits per heavy atom. The number of nitriles is 1. The van der Waals surface area contributed by atoms with Crippen molar-refractivity contribution in [2.24, 2.45) is 10.2 Å². The monoisotopic (exact) mass is 342 g/mol. The highest BCUT2D eigenvalue weighted by Crippen LogP contribution is 2.37. The van der Waals surface area contributed by atoms with Crippen LogP contribution >= 0.6 is 0 Å². The summed E-state index contributed by atoms with van der Waals surface area (Å²) in [6.07, 6.45) is -4.67. The van der Waals surface area contributed by atoms with Crippen molar-refractivity contribution in [3.8, 4) is 11.8 Å². The third-order valence-corrected chi connectivity index (χ3v) is 3.38. The first-order valence-electron chi connectivity index (χ1n) is 7.00. The summed E-state index contributed by atoms with van der Waals surface area (Å²) in [5.74, 6) is -0.0182. The summed E-state index contributed by atoms with van der Waals surface area (Å²) in [5.41, 5.74) is -1.33. The number of aromatic hydroxyl groups is 1. The van der Waals surface area contributed by atoms with E-state index in [0.29, 0.717) is 11.5 Å². The standard InChI is InChI=1S/C17H9F3N4O/c18-17(19,20)12-8-10(9-21)4-6-13(12)23-24-15-7-5-11-2-1-3-14(25)16(11)22-15/h1-8,25H. The van der Waals surface area contributed by atoms with Gasteiger partial charge >= 0.3 is 6.18 Å². The Bertz CT molecular complexity index is 1020. The quantitative estimate of drug-likeness (QED) is 0.646. The average molecular weight is 342 g/mol. The van der Waals surface area contributed by atoms with Crippen molar-refractivity contribution < 1.29 is 18.3 Å². The number of hydrogen-bond donors (Lipinski definition) is 1. The molecule has 0 unspecified atom stereocenters. The molecule has 0 saturated heterocycles. The summed E-state index contributed by atoms with van der Waals surface area (Å²) < 4.78 is 39.3. The van der Waals surface area contributed by atoms with Gasteiger partial charge in [0.2, 0.25) is 0 Å². The fraction of sp³-hybridized carbons (Fsp3) is 0.0588. The van der Waals surface area contributed by atoms with Crippen molar-refractivity contribution in [1.29, 1.82) is 5.26 Å². The molecular formula is C17H9F3N4O. The van der Waals surface area contributed by atoms with E-state index < -0.39 is 17.4 Å². The Kier molecular flexibility index (Phi) is 4.07. The number of benzene rings is 2. The van der Waals surface area contributed by atoms with Gasteiger partial charge in [0.15, 0.2) is 5.82 Å². The van der Waals surface area contributed by atoms with Crippen molar-refractivity contribution in [3.63, 3.8) is 0 Å². The molecule has 0 radical (unpaired) electrons. The maximum atomic E-state index is 13.1. The van der Waals surface area contributed by atoms with Crippen LogP contribution in [-0.2, 0) is 6.18 Å². The molecule has 0 bridgehead atoms. The van der Waals surface area contributed by atoms with Crippen LogP contribution in [0.25, 0.3) is 10.9 Å². The van der Waals surface area contributed by atoms with Crippen LogP contribution in [-0.4, -0.2) is 10.1 Å². The van der Waals surface area contributed by atoms with Gasteiger partial charge in [-0.25, -0.2) is 4.98 Å². The van der Waals surface area contributed by atoms with Crippen molar-refractivity contribution in [2.75, 3.05) is 0 Å². The molecule has 1 aromatic heterocycles. The minimum atomic E-state index is -4.67. The van der Waals surface area contributed by atoms with Crippen LogP contribution in [0.15, 0.2) is 58.8 Å². The minimum Gasteiger partial charge on any atom is -0.506 e. The minimum absolute atomic E-state index is 0.0477. The molecule has 0 aliphatic carbocycles. The van der Waals surface area contributed by atoms with Crippen LogP contribution in [0.4, 0.5) is 24.7 Å². The smallest absolute Gasteiger partial charge is 0.418 e. The van der Waals surface area contributed by atoms with Crippen LogP contribution in [0, 0.1) is 11.3 Å². The maximum absolute atomic E-state index is 13.1. The van der Waals surface area contributed by atoms with E-state index in [1.165, 1.54) is 18.2 Å². The Balaban J connectivity index is 2.03. The van der Waals surface area contributed by atoms with E-state index in [-0.39, 0.29) is 22.6 Å². The highest BCUT2D eigenvalue weighted by Gasteiger charge is 2.34. The Morgan fingerprint density at radius 3 is 2.56 bits per heavy atom. The number of fused-ring (bicyclic) bond motifs is 1. The first-order valence-corrected chi connectivity index (χ1v) is 7.00. The highest BCUT2D eigenvalue weighted by molar-refractivity contribution is 5.85. The van der Waals surface area contributed by atoms with Crippen molar-refractivity contribution in [3.05, 3.63) is 59.7 Å². The average Bonchev–Trinajstić information content (AvgIpc) is 2.59. The molecule has 0 amide bonds. The van der Waals surface area contributed by atoms with Gasteiger partial charge in [0, 0.05) is 5.39 Å². The molecule has 1 N–H and O–H groups in total. The number of phenols is 1. The van der Waals surface area contributed by atoms with Crippen molar-refractivity contribution in [1.82, 2.24) is 4.98 Å². The van der Waals surface area contributed by atoms with Crippen LogP contribution in [0.2, 0.25) is 0 Å². The molecule has 5 nitrogen and oxygen atoms in total. The van der Waals surface area contributed by atoms with Crippen LogP contribution in [0.3, 0.4) is 0 Å². The molecule has 0 saturated carbocycles. The molecule has 0 atom stereocenters. The predicted molar refractivity (Wildman–Crippen MR) is 83.7 cm³/mol. The number of pyridine rings is 1. The van der Waals surface area contributed by atoms with Gasteiger partial charge in [-0.05, 0) is 36.4 Å². The Hall–Kier alpha value is -3.47. The molecule has 0 aliphatic rings. The zero-order chi connectivity index (χ0) is 18.0. The van der Waals surface area contributed by atoms with E-state index in [1.54, 1.807) is 24.3 Å². The normalized spacial score (nSPS) is 11.8. The third-order valence-electron chi connectivity index (χ3n) is 3.38. The highest BCUT2D eigenvalue weighted by atomic mass is 19.4. The van der Waals surface area contributed by atoms with Gasteiger partial charge in [-0.1, -0.05) is 12.1 Å². The molecule has 0 spiro atoms. The molecule has 0 aliphatic heterocycles. The second kappa shape index (κ2) is 6.20.